The van der Waals surface area contributed by atoms with Crippen LogP contribution in [0.5, 0.6) is 0 Å². The Balaban J connectivity index is 3.46. The summed E-state index contributed by atoms with van der Waals surface area (Å²) in [4.78, 5) is 12.4. The topological polar surface area (TPSA) is 89.8 Å². The van der Waals surface area contributed by atoms with Crippen LogP contribution < -0.4 is 5.32 Å². The number of hydrogen-bond acceptors (Lipinski definition) is 4. The number of unbranched alkanes of at least 4 members (excludes halogenated alkanes) is 35. The highest BCUT2D eigenvalue weighted by Gasteiger charge is 2.22. The number of allylic oxidation sites excluding steroid dienone is 7. The number of aliphatic hydroxyl groups excluding tert-OH is 3. The molecule has 0 aromatic carbocycles. The van der Waals surface area contributed by atoms with E-state index in [1.807, 2.05) is 6.08 Å². The van der Waals surface area contributed by atoms with Crippen molar-refractivity contribution in [2.75, 3.05) is 6.61 Å². The molecule has 0 saturated heterocycles. The smallest absolute Gasteiger partial charge is 0.249 e. The Morgan fingerprint density at radius 3 is 1.13 bits per heavy atom. The van der Waals surface area contributed by atoms with Crippen molar-refractivity contribution in [3.8, 4) is 0 Å². The van der Waals surface area contributed by atoms with Crippen LogP contribution in [0.4, 0.5) is 0 Å². The van der Waals surface area contributed by atoms with Gasteiger partial charge in [-0.15, -0.1) is 0 Å². The van der Waals surface area contributed by atoms with Crippen LogP contribution in [0, 0.1) is 0 Å². The van der Waals surface area contributed by atoms with Crippen molar-refractivity contribution in [3.63, 3.8) is 0 Å². The van der Waals surface area contributed by atoms with Gasteiger partial charge in [-0.3, -0.25) is 4.79 Å². The van der Waals surface area contributed by atoms with Gasteiger partial charge in [0, 0.05) is 0 Å². The number of aliphatic hydroxyl groups is 3. The van der Waals surface area contributed by atoms with Crippen molar-refractivity contribution in [3.05, 3.63) is 48.6 Å². The molecule has 0 saturated carbocycles. The molecule has 4 N–H and O–H groups in total. The molecule has 0 aromatic heterocycles. The maximum Gasteiger partial charge on any atom is 0.249 e. The first-order valence-corrected chi connectivity index (χ1v) is 27.0. The highest BCUT2D eigenvalue weighted by molar-refractivity contribution is 5.80. The second-order valence-corrected chi connectivity index (χ2v) is 18.4. The van der Waals surface area contributed by atoms with E-state index in [9.17, 15) is 20.1 Å². The molecular formula is C56H105NO4. The maximum atomic E-state index is 12.4. The van der Waals surface area contributed by atoms with Crippen molar-refractivity contribution in [2.24, 2.45) is 0 Å². The Labute approximate surface area is 380 Å². The molecule has 61 heavy (non-hydrogen) atoms. The molecule has 0 aliphatic heterocycles. The lowest BCUT2D eigenvalue weighted by atomic mass is 10.0. The molecule has 5 nitrogen and oxygen atoms in total. The molecule has 3 atom stereocenters. The first-order valence-electron chi connectivity index (χ1n) is 27.0. The van der Waals surface area contributed by atoms with E-state index in [0.717, 1.165) is 44.9 Å². The van der Waals surface area contributed by atoms with E-state index in [2.05, 4.69) is 55.6 Å². The zero-order chi connectivity index (χ0) is 44.4. The molecule has 5 heteroatoms. The number of carbonyl (C=O) groups excluding carboxylic acids is 1. The Kier molecular flexibility index (Phi) is 49.5. The molecule has 3 unspecified atom stereocenters. The van der Waals surface area contributed by atoms with Crippen LogP contribution in [0.2, 0.25) is 0 Å². The number of amides is 1. The molecule has 0 aliphatic carbocycles. The van der Waals surface area contributed by atoms with E-state index in [1.54, 1.807) is 6.08 Å². The first kappa shape index (κ1) is 59.3. The van der Waals surface area contributed by atoms with Crippen molar-refractivity contribution in [2.45, 2.75) is 295 Å². The summed E-state index contributed by atoms with van der Waals surface area (Å²) in [6, 6.07) is -0.813. The Hall–Kier alpha value is -1.69. The predicted octanol–water partition coefficient (Wildman–Crippen LogP) is 16.4. The summed E-state index contributed by atoms with van der Waals surface area (Å²) in [6.45, 7) is 4.13. The third kappa shape index (κ3) is 46.1. The summed E-state index contributed by atoms with van der Waals surface area (Å²) in [5, 5.41) is 33.0. The zero-order valence-corrected chi connectivity index (χ0v) is 40.8. The average molecular weight is 856 g/mol. The predicted molar refractivity (Wildman–Crippen MR) is 268 cm³/mol. The Morgan fingerprint density at radius 1 is 0.410 bits per heavy atom. The van der Waals surface area contributed by atoms with Crippen LogP contribution in [0.3, 0.4) is 0 Å². The van der Waals surface area contributed by atoms with Gasteiger partial charge in [0.15, 0.2) is 0 Å². The van der Waals surface area contributed by atoms with Gasteiger partial charge >= 0.3 is 0 Å². The van der Waals surface area contributed by atoms with E-state index < -0.39 is 24.2 Å². The highest BCUT2D eigenvalue weighted by atomic mass is 16.3. The lowest BCUT2D eigenvalue weighted by Gasteiger charge is -2.21. The van der Waals surface area contributed by atoms with E-state index in [4.69, 9.17) is 0 Å². The molecule has 0 heterocycles. The minimum absolute atomic E-state index is 0.377. The van der Waals surface area contributed by atoms with Gasteiger partial charge in [-0.05, 0) is 64.2 Å². The third-order valence-corrected chi connectivity index (χ3v) is 12.4. The Morgan fingerprint density at radius 2 is 0.721 bits per heavy atom. The summed E-state index contributed by atoms with van der Waals surface area (Å²) in [7, 11) is 0. The fourth-order valence-electron chi connectivity index (χ4n) is 8.17. The van der Waals surface area contributed by atoms with Gasteiger partial charge in [0.1, 0.15) is 6.10 Å². The molecule has 358 valence electrons. The van der Waals surface area contributed by atoms with Crippen LogP contribution in [0.25, 0.3) is 0 Å². The monoisotopic (exact) mass is 856 g/mol. The molecule has 0 fully saturated rings. The molecule has 0 radical (unpaired) electrons. The summed E-state index contributed by atoms with van der Waals surface area (Å²) in [6.07, 6.45) is 67.9. The lowest BCUT2D eigenvalue weighted by Crippen LogP contribution is -2.48. The minimum Gasteiger partial charge on any atom is -0.394 e. The number of hydrogen-bond donors (Lipinski definition) is 4. The van der Waals surface area contributed by atoms with Crippen LogP contribution in [0.1, 0.15) is 277 Å². The normalized spacial score (nSPS) is 13.7. The second-order valence-electron chi connectivity index (χ2n) is 18.4. The quantitative estimate of drug-likeness (QED) is 0.0362. The molecule has 0 bridgehead atoms. The second kappa shape index (κ2) is 50.9. The van der Waals surface area contributed by atoms with Gasteiger partial charge in [-0.2, -0.15) is 0 Å². The SMILES string of the molecule is CCCCC/C=C/CC/C=C/C(O)C(CO)NC(=O)C(O)CCCCCCCCCCCCCCCCCC/C=C\C/C=C\CCCCCCCCCCCCCCCCC. The van der Waals surface area contributed by atoms with E-state index >= 15 is 0 Å². The standard InChI is InChI=1S/C56H105NO4/c1-3-5-7-9-11-13-14-15-16-17-18-19-20-21-22-23-24-25-26-27-28-29-30-31-32-33-34-35-36-37-38-39-40-41-43-45-47-49-51-55(60)56(61)57-53(52-58)54(59)50-48-46-44-42-12-10-8-6-4-2/h12,24-25,27-28,42,48,50,53-55,58-60H,3-11,13-23,26,29-41,43-47,49,51-52H2,1-2H3,(H,57,61)/b25-24-,28-27-,42-12+,50-48+. The zero-order valence-electron chi connectivity index (χ0n) is 40.8. The summed E-state index contributed by atoms with van der Waals surface area (Å²) >= 11 is 0. The van der Waals surface area contributed by atoms with Gasteiger partial charge in [0.2, 0.25) is 5.91 Å². The Bertz CT molecular complexity index is 989. The van der Waals surface area contributed by atoms with Crippen LogP contribution >= 0.6 is 0 Å². The van der Waals surface area contributed by atoms with Crippen LogP contribution in [0.15, 0.2) is 48.6 Å². The van der Waals surface area contributed by atoms with Crippen molar-refractivity contribution in [1.82, 2.24) is 5.32 Å². The summed E-state index contributed by atoms with van der Waals surface area (Å²) in [5.41, 5.74) is 0. The summed E-state index contributed by atoms with van der Waals surface area (Å²) < 4.78 is 0. The van der Waals surface area contributed by atoms with Crippen molar-refractivity contribution < 1.29 is 20.1 Å². The van der Waals surface area contributed by atoms with Gasteiger partial charge < -0.3 is 20.6 Å². The molecular weight excluding hydrogens is 751 g/mol. The fraction of sp³-hybridized carbons (Fsp3) is 0.839. The average Bonchev–Trinajstić information content (AvgIpc) is 3.26. The first-order chi connectivity index (χ1) is 30.1. The van der Waals surface area contributed by atoms with Crippen LogP contribution in [-0.2, 0) is 4.79 Å². The van der Waals surface area contributed by atoms with E-state index in [1.165, 1.54) is 212 Å². The minimum atomic E-state index is -1.11. The molecule has 0 aromatic rings. The molecule has 0 aliphatic rings. The highest BCUT2D eigenvalue weighted by Crippen LogP contribution is 2.16. The number of carbonyl (C=O) groups is 1. The van der Waals surface area contributed by atoms with E-state index in [-0.39, 0.29) is 6.61 Å². The maximum absolute atomic E-state index is 12.4. The van der Waals surface area contributed by atoms with Gasteiger partial charge in [0.25, 0.3) is 0 Å². The van der Waals surface area contributed by atoms with E-state index in [0.29, 0.717) is 6.42 Å². The van der Waals surface area contributed by atoms with Gasteiger partial charge in [-0.25, -0.2) is 0 Å². The lowest BCUT2D eigenvalue weighted by molar-refractivity contribution is -0.131. The van der Waals surface area contributed by atoms with Crippen LogP contribution in [-0.4, -0.2) is 46.1 Å². The van der Waals surface area contributed by atoms with Crippen molar-refractivity contribution >= 4 is 5.91 Å². The van der Waals surface area contributed by atoms with Crippen molar-refractivity contribution in [1.29, 1.82) is 0 Å². The molecule has 0 spiro atoms. The molecule has 1 amide bonds. The summed E-state index contributed by atoms with van der Waals surface area (Å²) in [5.74, 6) is -0.515. The third-order valence-electron chi connectivity index (χ3n) is 12.4. The number of nitrogens with one attached hydrogen (secondary N) is 1. The fourth-order valence-corrected chi connectivity index (χ4v) is 8.17. The molecule has 0 rings (SSSR count). The number of rotatable bonds is 49. The van der Waals surface area contributed by atoms with Gasteiger partial charge in [-0.1, -0.05) is 262 Å². The largest absolute Gasteiger partial charge is 0.394 e. The van der Waals surface area contributed by atoms with Gasteiger partial charge in [0.05, 0.1) is 18.8 Å².